The third-order valence-corrected chi connectivity index (χ3v) is 8.36. The van der Waals surface area contributed by atoms with Crippen LogP contribution in [0.25, 0.3) is 0 Å². The maximum Gasteiger partial charge on any atom is 0.245 e. The molecule has 45 heavy (non-hydrogen) atoms. The van der Waals surface area contributed by atoms with Crippen LogP contribution >= 0.6 is 0 Å². The van der Waals surface area contributed by atoms with E-state index in [1.807, 2.05) is 0 Å². The van der Waals surface area contributed by atoms with Crippen LogP contribution in [0.15, 0.2) is 0 Å². The molecule has 0 aliphatic heterocycles. The lowest BCUT2D eigenvalue weighted by Crippen LogP contribution is -2.55. The normalized spacial score (nSPS) is 19.5. The van der Waals surface area contributed by atoms with Crippen LogP contribution in [0.2, 0.25) is 0 Å². The quantitative estimate of drug-likeness (QED) is 0.200. The first-order chi connectivity index (χ1) is 20.6. The number of rotatable bonds is 16. The summed E-state index contributed by atoms with van der Waals surface area (Å²) in [6.45, 7) is 15.7. The molecule has 11 nitrogen and oxygen atoms in total. The van der Waals surface area contributed by atoms with Gasteiger partial charge in [0.25, 0.3) is 0 Å². The first-order valence-corrected chi connectivity index (χ1v) is 16.2. The van der Waals surface area contributed by atoms with E-state index in [0.717, 1.165) is 12.8 Å². The van der Waals surface area contributed by atoms with Crippen LogP contribution < -0.4 is 16.0 Å². The third-order valence-electron chi connectivity index (χ3n) is 8.36. The van der Waals surface area contributed by atoms with E-state index in [9.17, 15) is 33.9 Å². The van der Waals surface area contributed by atoms with Gasteiger partial charge in [-0.2, -0.15) is 0 Å². The Bertz CT molecular complexity index is 1040. The predicted octanol–water partition coefficient (Wildman–Crippen LogP) is 3.29. The van der Waals surface area contributed by atoms with Crippen LogP contribution in [0.1, 0.15) is 114 Å². The summed E-state index contributed by atoms with van der Waals surface area (Å²) < 4.78 is 5.21. The summed E-state index contributed by atoms with van der Waals surface area (Å²) in [5.74, 6) is -1.96. The molecule has 11 heteroatoms. The van der Waals surface area contributed by atoms with Gasteiger partial charge in [0.15, 0.2) is 11.6 Å². The van der Waals surface area contributed by atoms with E-state index < -0.39 is 52.8 Å². The van der Waals surface area contributed by atoms with Crippen LogP contribution in [-0.4, -0.2) is 78.6 Å². The summed E-state index contributed by atoms with van der Waals surface area (Å²) in [4.78, 5) is 78.2. The van der Waals surface area contributed by atoms with Crippen molar-refractivity contribution in [3.63, 3.8) is 0 Å². The van der Waals surface area contributed by atoms with Crippen molar-refractivity contribution in [3.8, 4) is 0 Å². The Hall–Kier alpha value is -2.66. The number of methoxy groups -OCH3 is 1. The second-order valence-electron chi connectivity index (χ2n) is 15.6. The second-order valence-corrected chi connectivity index (χ2v) is 15.6. The number of carbonyl (C=O) groups excluding carboxylic acids is 6. The van der Waals surface area contributed by atoms with Crippen molar-refractivity contribution in [3.05, 3.63) is 0 Å². The highest BCUT2D eigenvalue weighted by Gasteiger charge is 2.36. The highest BCUT2D eigenvalue weighted by atomic mass is 16.5. The maximum absolute atomic E-state index is 13.3. The fourth-order valence-electron chi connectivity index (χ4n) is 5.36. The molecule has 1 unspecified atom stereocenters. The smallest absolute Gasteiger partial charge is 0.245 e. The van der Waals surface area contributed by atoms with Gasteiger partial charge in [0.1, 0.15) is 11.8 Å². The number of Topliss-reactive ketones (excluding diaryl/α,β-unsaturated/α-hetero) is 3. The Balaban J connectivity index is 2.95. The van der Waals surface area contributed by atoms with Gasteiger partial charge in [0.2, 0.25) is 17.7 Å². The van der Waals surface area contributed by atoms with Crippen molar-refractivity contribution in [1.82, 2.24) is 16.0 Å². The molecule has 0 heterocycles. The van der Waals surface area contributed by atoms with E-state index in [4.69, 9.17) is 4.74 Å². The standard InChI is InChI=1S/C34H59N3O8/c1-32(2,3)26(39)17-15-23(28(41)33(4,5)6)35-27(40)18-16-24(29(42)34(7,8)9)36-31(44)25(19-38)37-30(43)22-13-11-21(12-14-22)20-45-10/h21-25,38H,11-20H2,1-10H3,(H,35,40)(H,36,44)(H,37,43)/t21?,22?,23-,24?,25+/m0/s1. The number of hydrogen-bond donors (Lipinski definition) is 4. The highest BCUT2D eigenvalue weighted by Crippen LogP contribution is 2.29. The Labute approximate surface area is 269 Å². The molecule has 3 atom stereocenters. The first-order valence-electron chi connectivity index (χ1n) is 16.2. The molecule has 0 aromatic heterocycles. The lowest BCUT2D eigenvalue weighted by molar-refractivity contribution is -0.136. The minimum atomic E-state index is -1.26. The lowest BCUT2D eigenvalue weighted by atomic mass is 9.82. The molecule has 1 aliphatic rings. The largest absolute Gasteiger partial charge is 0.394 e. The average Bonchev–Trinajstić information content (AvgIpc) is 2.93. The number of carbonyl (C=O) groups is 6. The molecular formula is C34H59N3O8. The van der Waals surface area contributed by atoms with Crippen LogP contribution in [0.5, 0.6) is 0 Å². The minimum Gasteiger partial charge on any atom is -0.394 e. The van der Waals surface area contributed by atoms with E-state index >= 15 is 0 Å². The fourth-order valence-corrected chi connectivity index (χ4v) is 5.36. The number of ketones is 3. The average molecular weight is 638 g/mol. The van der Waals surface area contributed by atoms with Crippen LogP contribution in [0, 0.1) is 28.1 Å². The van der Waals surface area contributed by atoms with Crippen molar-refractivity contribution in [2.75, 3.05) is 20.3 Å². The second kappa shape index (κ2) is 17.3. The van der Waals surface area contributed by atoms with Crippen LogP contribution in [0.4, 0.5) is 0 Å². The predicted molar refractivity (Wildman–Crippen MR) is 172 cm³/mol. The van der Waals surface area contributed by atoms with E-state index in [1.165, 1.54) is 0 Å². The minimum absolute atomic E-state index is 0.0219. The Morgan fingerprint density at radius 1 is 0.689 bits per heavy atom. The van der Waals surface area contributed by atoms with E-state index in [1.54, 1.807) is 69.4 Å². The first kappa shape index (κ1) is 40.4. The Kier molecular flexibility index (Phi) is 15.5. The maximum atomic E-state index is 13.3. The Morgan fingerprint density at radius 3 is 1.62 bits per heavy atom. The molecular weight excluding hydrogens is 578 g/mol. The van der Waals surface area contributed by atoms with Gasteiger partial charge < -0.3 is 25.8 Å². The van der Waals surface area contributed by atoms with Gasteiger partial charge in [0, 0.05) is 48.7 Å². The summed E-state index contributed by atoms with van der Waals surface area (Å²) in [6.07, 6.45) is 3.04. The number of aliphatic hydroxyl groups excluding tert-OH is 1. The number of ether oxygens (including phenoxy) is 1. The SMILES string of the molecule is COCC1CCC(C(=O)N[C@H](CO)C(=O)NC(CCC(=O)N[C@@H](CCC(=O)C(C)(C)C)C(=O)C(C)(C)C)C(=O)C(C)(C)C)CC1. The summed E-state index contributed by atoms with van der Waals surface area (Å²) >= 11 is 0. The van der Waals surface area contributed by atoms with Gasteiger partial charge in [0.05, 0.1) is 18.7 Å². The van der Waals surface area contributed by atoms with Crippen LogP contribution in [-0.2, 0) is 33.5 Å². The van der Waals surface area contributed by atoms with Crippen molar-refractivity contribution in [2.24, 2.45) is 28.1 Å². The molecule has 1 rings (SSSR count). The van der Waals surface area contributed by atoms with Gasteiger partial charge in [-0.3, -0.25) is 28.8 Å². The number of aliphatic hydroxyl groups is 1. The summed E-state index contributed by atoms with van der Waals surface area (Å²) in [7, 11) is 1.65. The molecule has 0 spiro atoms. The van der Waals surface area contributed by atoms with Gasteiger partial charge in [-0.05, 0) is 44.4 Å². The van der Waals surface area contributed by atoms with Crippen LogP contribution in [0.3, 0.4) is 0 Å². The van der Waals surface area contributed by atoms with Crippen molar-refractivity contribution in [2.45, 2.75) is 132 Å². The molecule has 0 aromatic rings. The molecule has 3 amide bonds. The fraction of sp³-hybridized carbons (Fsp3) is 0.824. The van der Waals surface area contributed by atoms with E-state index in [-0.39, 0.29) is 54.9 Å². The van der Waals surface area contributed by atoms with E-state index in [2.05, 4.69) is 16.0 Å². The van der Waals surface area contributed by atoms with Crippen molar-refractivity contribution >= 4 is 35.1 Å². The number of hydrogen-bond acceptors (Lipinski definition) is 8. The van der Waals surface area contributed by atoms with E-state index in [0.29, 0.717) is 25.4 Å². The Morgan fingerprint density at radius 2 is 1.18 bits per heavy atom. The molecule has 258 valence electrons. The van der Waals surface area contributed by atoms with Crippen molar-refractivity contribution in [1.29, 1.82) is 0 Å². The molecule has 1 fully saturated rings. The molecule has 1 saturated carbocycles. The van der Waals surface area contributed by atoms with Gasteiger partial charge in [-0.25, -0.2) is 0 Å². The molecule has 1 aliphatic carbocycles. The molecule has 4 N–H and O–H groups in total. The van der Waals surface area contributed by atoms with Gasteiger partial charge >= 0.3 is 0 Å². The lowest BCUT2D eigenvalue weighted by Gasteiger charge is -2.30. The molecule has 0 bridgehead atoms. The van der Waals surface area contributed by atoms with Gasteiger partial charge in [-0.1, -0.05) is 62.3 Å². The monoisotopic (exact) mass is 637 g/mol. The molecule has 0 radical (unpaired) electrons. The molecule has 0 aromatic carbocycles. The van der Waals surface area contributed by atoms with Crippen molar-refractivity contribution < 1.29 is 38.6 Å². The number of amides is 3. The summed E-state index contributed by atoms with van der Waals surface area (Å²) in [5.41, 5.74) is -2.19. The molecule has 0 saturated heterocycles. The summed E-state index contributed by atoms with van der Waals surface area (Å²) in [6, 6.07) is -3.21. The van der Waals surface area contributed by atoms with Gasteiger partial charge in [-0.15, -0.1) is 0 Å². The zero-order chi connectivity index (χ0) is 34.8. The zero-order valence-corrected chi connectivity index (χ0v) is 29.3. The third kappa shape index (κ3) is 13.7. The number of nitrogens with one attached hydrogen (secondary N) is 3. The summed E-state index contributed by atoms with van der Waals surface area (Å²) in [5, 5.41) is 18.0. The zero-order valence-electron chi connectivity index (χ0n) is 29.3. The highest BCUT2D eigenvalue weighted by molar-refractivity contribution is 5.96. The topological polar surface area (TPSA) is 168 Å².